The first kappa shape index (κ1) is 14.7. The third-order valence-corrected chi connectivity index (χ3v) is 3.26. The molecule has 1 rings (SSSR count). The van der Waals surface area contributed by atoms with E-state index >= 15 is 0 Å². The molecule has 18 heavy (non-hydrogen) atoms. The van der Waals surface area contributed by atoms with Crippen molar-refractivity contribution in [1.82, 2.24) is 9.88 Å². The highest BCUT2D eigenvalue weighted by molar-refractivity contribution is 5.73. The van der Waals surface area contributed by atoms with Crippen LogP contribution < -0.4 is 0 Å². The zero-order chi connectivity index (χ0) is 13.9. The van der Waals surface area contributed by atoms with Crippen LogP contribution in [0, 0.1) is 12.8 Å². The standard InChI is InChI=1S/C13H22N2O3/c1-8(2)6-11(13(16)17)15(5)9(3)12-10(4)18-7-14-12/h7-9,11H,6H2,1-5H3,(H,16,17). The van der Waals surface area contributed by atoms with Crippen molar-refractivity contribution in [2.45, 2.75) is 46.2 Å². The van der Waals surface area contributed by atoms with E-state index < -0.39 is 12.0 Å². The van der Waals surface area contributed by atoms with Gasteiger partial charge in [-0.3, -0.25) is 9.69 Å². The lowest BCUT2D eigenvalue weighted by Gasteiger charge is -2.30. The smallest absolute Gasteiger partial charge is 0.320 e. The van der Waals surface area contributed by atoms with E-state index in [9.17, 15) is 9.90 Å². The predicted octanol–water partition coefficient (Wildman–Crippen LogP) is 2.48. The number of aryl methyl sites for hydroxylation is 1. The highest BCUT2D eigenvalue weighted by Gasteiger charge is 2.29. The van der Waals surface area contributed by atoms with Crippen LogP contribution in [-0.2, 0) is 4.79 Å². The van der Waals surface area contributed by atoms with Crippen molar-refractivity contribution in [2.24, 2.45) is 5.92 Å². The first-order valence-electron chi connectivity index (χ1n) is 6.19. The number of oxazole rings is 1. The van der Waals surface area contributed by atoms with Crippen molar-refractivity contribution in [1.29, 1.82) is 0 Å². The zero-order valence-corrected chi connectivity index (χ0v) is 11.7. The number of aliphatic carboxylic acids is 1. The molecule has 1 N–H and O–H groups in total. The fourth-order valence-corrected chi connectivity index (χ4v) is 2.07. The van der Waals surface area contributed by atoms with Crippen LogP contribution in [0.25, 0.3) is 0 Å². The molecule has 102 valence electrons. The number of rotatable bonds is 6. The molecule has 0 aromatic carbocycles. The van der Waals surface area contributed by atoms with Crippen LogP contribution >= 0.6 is 0 Å². The van der Waals surface area contributed by atoms with Crippen LogP contribution in [0.15, 0.2) is 10.8 Å². The maximum absolute atomic E-state index is 11.3. The normalized spacial score (nSPS) is 15.1. The summed E-state index contributed by atoms with van der Waals surface area (Å²) in [6.07, 6.45) is 2.01. The summed E-state index contributed by atoms with van der Waals surface area (Å²) in [7, 11) is 1.82. The number of likely N-dealkylation sites (N-methyl/N-ethyl adjacent to an activating group) is 1. The Labute approximate surface area is 108 Å². The lowest BCUT2D eigenvalue weighted by Crippen LogP contribution is -2.41. The Bertz CT molecular complexity index is 401. The molecule has 0 amide bonds. The molecule has 0 aliphatic carbocycles. The van der Waals surface area contributed by atoms with Gasteiger partial charge in [0.15, 0.2) is 6.39 Å². The maximum Gasteiger partial charge on any atom is 0.320 e. The van der Waals surface area contributed by atoms with Crippen molar-refractivity contribution < 1.29 is 14.3 Å². The lowest BCUT2D eigenvalue weighted by atomic mass is 10.0. The minimum absolute atomic E-state index is 0.0800. The highest BCUT2D eigenvalue weighted by atomic mass is 16.4. The third-order valence-electron chi connectivity index (χ3n) is 3.26. The Morgan fingerprint density at radius 1 is 1.50 bits per heavy atom. The second kappa shape index (κ2) is 6.00. The van der Waals surface area contributed by atoms with E-state index in [-0.39, 0.29) is 6.04 Å². The van der Waals surface area contributed by atoms with Crippen LogP contribution in [0.3, 0.4) is 0 Å². The Morgan fingerprint density at radius 2 is 2.11 bits per heavy atom. The van der Waals surface area contributed by atoms with E-state index in [1.807, 2.05) is 39.6 Å². The van der Waals surface area contributed by atoms with Gasteiger partial charge in [0.05, 0.1) is 11.7 Å². The van der Waals surface area contributed by atoms with Crippen LogP contribution in [-0.4, -0.2) is 34.0 Å². The van der Waals surface area contributed by atoms with Crippen LogP contribution in [0.2, 0.25) is 0 Å². The summed E-state index contributed by atoms with van der Waals surface area (Å²) in [6.45, 7) is 7.83. The van der Waals surface area contributed by atoms with Crippen LogP contribution in [0.5, 0.6) is 0 Å². The van der Waals surface area contributed by atoms with Gasteiger partial charge in [-0.2, -0.15) is 0 Å². The van der Waals surface area contributed by atoms with Crippen molar-refractivity contribution in [3.63, 3.8) is 0 Å². The fraction of sp³-hybridized carbons (Fsp3) is 0.692. The SMILES string of the molecule is Cc1ocnc1C(C)N(C)C(CC(C)C)C(=O)O. The van der Waals surface area contributed by atoms with Gasteiger partial charge in [-0.25, -0.2) is 4.98 Å². The number of nitrogens with zero attached hydrogens (tertiary/aromatic N) is 2. The van der Waals surface area contributed by atoms with Gasteiger partial charge in [0, 0.05) is 0 Å². The molecule has 5 nitrogen and oxygen atoms in total. The lowest BCUT2D eigenvalue weighted by molar-refractivity contribution is -0.144. The van der Waals surface area contributed by atoms with E-state index in [2.05, 4.69) is 4.98 Å². The molecule has 0 saturated heterocycles. The number of carbonyl (C=O) groups is 1. The minimum atomic E-state index is -0.792. The van der Waals surface area contributed by atoms with Crippen LogP contribution in [0.4, 0.5) is 0 Å². The molecule has 2 unspecified atom stereocenters. The Balaban J connectivity index is 2.86. The summed E-state index contributed by atoms with van der Waals surface area (Å²) in [5.41, 5.74) is 0.799. The summed E-state index contributed by atoms with van der Waals surface area (Å²) < 4.78 is 5.17. The molecule has 0 bridgehead atoms. The van der Waals surface area contributed by atoms with Gasteiger partial charge in [-0.15, -0.1) is 0 Å². The molecule has 1 heterocycles. The topological polar surface area (TPSA) is 66.6 Å². The van der Waals surface area contributed by atoms with E-state index in [0.717, 1.165) is 11.5 Å². The highest BCUT2D eigenvalue weighted by Crippen LogP contribution is 2.24. The second-order valence-corrected chi connectivity index (χ2v) is 5.12. The Hall–Kier alpha value is -1.36. The molecule has 0 spiro atoms. The van der Waals surface area contributed by atoms with Crippen molar-refractivity contribution in [3.8, 4) is 0 Å². The molecule has 0 aliphatic heterocycles. The molecule has 0 saturated carbocycles. The molecular formula is C13H22N2O3. The average Bonchev–Trinajstić information content (AvgIpc) is 2.69. The minimum Gasteiger partial charge on any atom is -0.480 e. The zero-order valence-electron chi connectivity index (χ0n) is 11.7. The fourth-order valence-electron chi connectivity index (χ4n) is 2.07. The van der Waals surface area contributed by atoms with Gasteiger partial charge >= 0.3 is 5.97 Å². The van der Waals surface area contributed by atoms with E-state index in [0.29, 0.717) is 12.3 Å². The van der Waals surface area contributed by atoms with E-state index in [1.54, 1.807) is 0 Å². The van der Waals surface area contributed by atoms with Gasteiger partial charge in [0.2, 0.25) is 0 Å². The Morgan fingerprint density at radius 3 is 2.50 bits per heavy atom. The summed E-state index contributed by atoms with van der Waals surface area (Å²) in [4.78, 5) is 17.3. The molecule has 0 aliphatic rings. The summed E-state index contributed by atoms with van der Waals surface area (Å²) >= 11 is 0. The van der Waals surface area contributed by atoms with Gasteiger partial charge in [-0.05, 0) is 33.2 Å². The van der Waals surface area contributed by atoms with E-state index in [1.165, 1.54) is 6.39 Å². The van der Waals surface area contributed by atoms with E-state index in [4.69, 9.17) is 4.42 Å². The first-order chi connectivity index (χ1) is 8.34. The quantitative estimate of drug-likeness (QED) is 0.844. The number of carboxylic acids is 1. The molecule has 5 heteroatoms. The average molecular weight is 254 g/mol. The molecule has 1 aromatic heterocycles. The van der Waals surface area contributed by atoms with Crippen LogP contribution in [0.1, 0.15) is 44.7 Å². The third kappa shape index (κ3) is 3.32. The Kier molecular flexibility index (Phi) is 4.90. The van der Waals surface area contributed by atoms with Gasteiger partial charge in [0.1, 0.15) is 11.8 Å². The van der Waals surface area contributed by atoms with Gasteiger partial charge < -0.3 is 9.52 Å². The molecule has 1 aromatic rings. The maximum atomic E-state index is 11.3. The van der Waals surface area contributed by atoms with Crippen molar-refractivity contribution in [3.05, 3.63) is 17.8 Å². The summed E-state index contributed by atoms with van der Waals surface area (Å²) in [6, 6.07) is -0.584. The van der Waals surface area contributed by atoms with Gasteiger partial charge in [-0.1, -0.05) is 13.8 Å². The first-order valence-corrected chi connectivity index (χ1v) is 6.19. The predicted molar refractivity (Wildman–Crippen MR) is 68.3 cm³/mol. The second-order valence-electron chi connectivity index (χ2n) is 5.12. The molecule has 2 atom stereocenters. The molecular weight excluding hydrogens is 232 g/mol. The van der Waals surface area contributed by atoms with Crippen molar-refractivity contribution in [2.75, 3.05) is 7.05 Å². The van der Waals surface area contributed by atoms with Gasteiger partial charge in [0.25, 0.3) is 0 Å². The summed E-state index contributed by atoms with van der Waals surface area (Å²) in [5, 5.41) is 9.32. The monoisotopic (exact) mass is 254 g/mol. The summed E-state index contributed by atoms with van der Waals surface area (Å²) in [5.74, 6) is 0.279. The number of hydrogen-bond acceptors (Lipinski definition) is 4. The molecule has 0 fully saturated rings. The largest absolute Gasteiger partial charge is 0.480 e. The number of aromatic nitrogens is 1. The molecule has 0 radical (unpaired) electrons. The number of hydrogen-bond donors (Lipinski definition) is 1. The number of carboxylic acid groups (broad SMARTS) is 1. The van der Waals surface area contributed by atoms with Crippen molar-refractivity contribution >= 4 is 5.97 Å².